The fourth-order valence-corrected chi connectivity index (χ4v) is 3.03. The van der Waals surface area contributed by atoms with Crippen LogP contribution in [-0.4, -0.2) is 29.4 Å². The van der Waals surface area contributed by atoms with Crippen molar-refractivity contribution in [1.29, 1.82) is 0 Å². The Morgan fingerprint density at radius 3 is 2.54 bits per heavy atom. The standard InChI is InChI=1S/C21H21FN2O4/c1-12-9-10-14(11-15(12)22)19(26)28-13(2)18(25)24-17-8-6-5-7-16(17)23-20(27)21(24,3)4/h5-11,13H,1-4H3,(H,23,27)/t13-/m1/s1. The lowest BCUT2D eigenvalue weighted by molar-refractivity contribution is -0.131. The smallest absolute Gasteiger partial charge is 0.339 e. The normalized spacial score (nSPS) is 16.0. The van der Waals surface area contributed by atoms with E-state index in [1.54, 1.807) is 45.0 Å². The largest absolute Gasteiger partial charge is 0.449 e. The summed E-state index contributed by atoms with van der Waals surface area (Å²) in [6.07, 6.45) is -1.17. The summed E-state index contributed by atoms with van der Waals surface area (Å²) >= 11 is 0. The number of benzene rings is 2. The van der Waals surface area contributed by atoms with E-state index in [1.165, 1.54) is 24.0 Å². The maximum absolute atomic E-state index is 13.7. The first-order valence-corrected chi connectivity index (χ1v) is 8.84. The molecule has 1 heterocycles. The average Bonchev–Trinajstić information content (AvgIpc) is 2.64. The number of halogens is 1. The molecule has 0 radical (unpaired) electrons. The van der Waals surface area contributed by atoms with E-state index in [9.17, 15) is 18.8 Å². The molecule has 0 spiro atoms. The lowest BCUT2D eigenvalue weighted by Crippen LogP contribution is -2.60. The van der Waals surface area contributed by atoms with E-state index in [0.717, 1.165) is 6.07 Å². The van der Waals surface area contributed by atoms with Crippen molar-refractivity contribution in [2.24, 2.45) is 0 Å². The predicted molar refractivity (Wildman–Crippen MR) is 103 cm³/mol. The molecule has 28 heavy (non-hydrogen) atoms. The number of ether oxygens (including phenoxy) is 1. The summed E-state index contributed by atoms with van der Waals surface area (Å²) in [6.45, 7) is 6.23. The Bertz CT molecular complexity index is 971. The van der Waals surface area contributed by atoms with Crippen LogP contribution in [0.1, 0.15) is 36.7 Å². The summed E-state index contributed by atoms with van der Waals surface area (Å²) in [5, 5.41) is 2.77. The minimum absolute atomic E-state index is 0.0128. The Labute approximate surface area is 162 Å². The molecule has 0 saturated heterocycles. The summed E-state index contributed by atoms with van der Waals surface area (Å²) < 4.78 is 19.0. The molecule has 3 rings (SSSR count). The molecule has 7 heteroatoms. The number of nitrogens with zero attached hydrogens (tertiary/aromatic N) is 1. The van der Waals surface area contributed by atoms with Crippen molar-refractivity contribution >= 4 is 29.2 Å². The minimum atomic E-state index is -1.18. The van der Waals surface area contributed by atoms with E-state index in [0.29, 0.717) is 16.9 Å². The second kappa shape index (κ2) is 7.07. The third kappa shape index (κ3) is 3.35. The first-order chi connectivity index (χ1) is 13.1. The Hall–Kier alpha value is -3.22. The fourth-order valence-electron chi connectivity index (χ4n) is 3.03. The number of fused-ring (bicyclic) bond motifs is 1. The van der Waals surface area contributed by atoms with Gasteiger partial charge in [-0.1, -0.05) is 18.2 Å². The molecule has 0 bridgehead atoms. The van der Waals surface area contributed by atoms with Crippen LogP contribution in [0.2, 0.25) is 0 Å². The Morgan fingerprint density at radius 1 is 1.18 bits per heavy atom. The van der Waals surface area contributed by atoms with Crippen LogP contribution < -0.4 is 10.2 Å². The van der Waals surface area contributed by atoms with Gasteiger partial charge in [-0.2, -0.15) is 0 Å². The van der Waals surface area contributed by atoms with Crippen molar-refractivity contribution in [3.05, 3.63) is 59.4 Å². The molecule has 1 N–H and O–H groups in total. The van der Waals surface area contributed by atoms with Crippen LogP contribution in [0.15, 0.2) is 42.5 Å². The molecule has 0 aliphatic carbocycles. The zero-order valence-electron chi connectivity index (χ0n) is 16.1. The Morgan fingerprint density at radius 2 is 1.86 bits per heavy atom. The molecule has 1 aliphatic heterocycles. The number of rotatable bonds is 3. The predicted octanol–water partition coefficient (Wildman–Crippen LogP) is 3.44. The minimum Gasteiger partial charge on any atom is -0.449 e. The van der Waals surface area contributed by atoms with Gasteiger partial charge in [-0.25, -0.2) is 9.18 Å². The first kappa shape index (κ1) is 19.5. The number of hydrogen-bond donors (Lipinski definition) is 1. The van der Waals surface area contributed by atoms with E-state index >= 15 is 0 Å². The van der Waals surface area contributed by atoms with Crippen molar-refractivity contribution in [2.45, 2.75) is 39.3 Å². The molecule has 0 fully saturated rings. The number of amides is 2. The van der Waals surface area contributed by atoms with Gasteiger partial charge in [-0.15, -0.1) is 0 Å². The number of para-hydroxylation sites is 2. The van der Waals surface area contributed by atoms with E-state index in [1.807, 2.05) is 0 Å². The topological polar surface area (TPSA) is 75.7 Å². The Balaban J connectivity index is 1.86. The maximum Gasteiger partial charge on any atom is 0.339 e. The Kier molecular flexibility index (Phi) is 4.93. The van der Waals surface area contributed by atoms with Crippen molar-refractivity contribution in [2.75, 3.05) is 10.2 Å². The zero-order valence-corrected chi connectivity index (χ0v) is 16.1. The van der Waals surface area contributed by atoms with Gasteiger partial charge in [0.1, 0.15) is 11.4 Å². The van der Waals surface area contributed by atoms with Gasteiger partial charge in [-0.3, -0.25) is 14.5 Å². The van der Waals surface area contributed by atoms with E-state index in [-0.39, 0.29) is 11.5 Å². The van der Waals surface area contributed by atoms with Gasteiger partial charge < -0.3 is 10.1 Å². The number of nitrogens with one attached hydrogen (secondary N) is 1. The number of anilines is 2. The van der Waals surface area contributed by atoms with Crippen LogP contribution in [0.3, 0.4) is 0 Å². The van der Waals surface area contributed by atoms with Crippen LogP contribution in [-0.2, 0) is 14.3 Å². The van der Waals surface area contributed by atoms with Gasteiger partial charge in [0.05, 0.1) is 16.9 Å². The highest BCUT2D eigenvalue weighted by Gasteiger charge is 2.45. The van der Waals surface area contributed by atoms with E-state index < -0.39 is 29.3 Å². The van der Waals surface area contributed by atoms with Crippen molar-refractivity contribution < 1.29 is 23.5 Å². The summed E-state index contributed by atoms with van der Waals surface area (Å²) in [5.41, 5.74) is 0.250. The van der Waals surface area contributed by atoms with Crippen molar-refractivity contribution in [3.63, 3.8) is 0 Å². The van der Waals surface area contributed by atoms with Crippen LogP contribution in [0.5, 0.6) is 0 Å². The van der Waals surface area contributed by atoms with Gasteiger partial charge in [0.2, 0.25) is 5.91 Å². The molecule has 2 aromatic carbocycles. The highest BCUT2D eigenvalue weighted by atomic mass is 19.1. The monoisotopic (exact) mass is 384 g/mol. The molecule has 0 unspecified atom stereocenters. The second-order valence-electron chi connectivity index (χ2n) is 7.22. The molecule has 2 aromatic rings. The number of carbonyl (C=O) groups is 3. The molecule has 6 nitrogen and oxygen atoms in total. The number of aryl methyl sites for hydroxylation is 1. The van der Waals surface area contributed by atoms with Crippen LogP contribution in [0, 0.1) is 12.7 Å². The molecule has 2 amide bonds. The fraction of sp³-hybridized carbons (Fsp3) is 0.286. The van der Waals surface area contributed by atoms with Crippen LogP contribution >= 0.6 is 0 Å². The number of carbonyl (C=O) groups excluding carboxylic acids is 3. The van der Waals surface area contributed by atoms with Gasteiger partial charge in [0.15, 0.2) is 6.10 Å². The third-order valence-corrected chi connectivity index (χ3v) is 4.77. The molecule has 1 aliphatic rings. The zero-order chi connectivity index (χ0) is 20.6. The third-order valence-electron chi connectivity index (χ3n) is 4.77. The van der Waals surface area contributed by atoms with Gasteiger partial charge in [0.25, 0.3) is 5.91 Å². The molecular weight excluding hydrogens is 363 g/mol. The van der Waals surface area contributed by atoms with E-state index in [4.69, 9.17) is 4.74 Å². The number of hydrogen-bond acceptors (Lipinski definition) is 4. The van der Waals surface area contributed by atoms with Crippen molar-refractivity contribution in [1.82, 2.24) is 0 Å². The summed E-state index contributed by atoms with van der Waals surface area (Å²) in [4.78, 5) is 39.2. The lowest BCUT2D eigenvalue weighted by atomic mass is 9.95. The van der Waals surface area contributed by atoms with Crippen LogP contribution in [0.25, 0.3) is 0 Å². The summed E-state index contributed by atoms with van der Waals surface area (Å²) in [6, 6.07) is 10.9. The van der Waals surface area contributed by atoms with Gasteiger partial charge in [-0.05, 0) is 57.5 Å². The lowest BCUT2D eigenvalue weighted by Gasteiger charge is -2.42. The van der Waals surface area contributed by atoms with Crippen LogP contribution in [0.4, 0.5) is 15.8 Å². The first-order valence-electron chi connectivity index (χ1n) is 8.84. The average molecular weight is 384 g/mol. The van der Waals surface area contributed by atoms with Gasteiger partial charge in [0, 0.05) is 0 Å². The summed E-state index contributed by atoms with van der Waals surface area (Å²) in [7, 11) is 0. The molecule has 1 atom stereocenters. The van der Waals surface area contributed by atoms with Gasteiger partial charge >= 0.3 is 5.97 Å². The maximum atomic E-state index is 13.7. The van der Waals surface area contributed by atoms with E-state index in [2.05, 4.69) is 5.32 Å². The highest BCUT2D eigenvalue weighted by Crippen LogP contribution is 2.37. The molecule has 0 aromatic heterocycles. The highest BCUT2D eigenvalue weighted by molar-refractivity contribution is 6.15. The summed E-state index contributed by atoms with van der Waals surface area (Å²) in [5.74, 6) is -2.24. The molecule has 0 saturated carbocycles. The van der Waals surface area contributed by atoms with Crippen molar-refractivity contribution in [3.8, 4) is 0 Å². The molecule has 146 valence electrons. The number of esters is 1. The molecular formula is C21H21FN2O4. The second-order valence-corrected chi connectivity index (χ2v) is 7.22. The quantitative estimate of drug-likeness (QED) is 0.823. The SMILES string of the molecule is Cc1ccc(C(=O)O[C@H](C)C(=O)N2c3ccccc3NC(=O)C2(C)C)cc1F.